The molecule has 3 atom stereocenters. The van der Waals surface area contributed by atoms with Gasteiger partial charge in [0.15, 0.2) is 0 Å². The number of hydrogen-bond donors (Lipinski definition) is 0. The molecule has 0 spiro atoms. The lowest BCUT2D eigenvalue weighted by molar-refractivity contribution is 0.618. The number of nitrogens with zero attached hydrogens (tertiary/aromatic N) is 2. The molecule has 4 aliphatic rings. The summed E-state index contributed by atoms with van der Waals surface area (Å²) in [6.45, 7) is 0. The fourth-order valence-electron chi connectivity index (χ4n) is 7.81. The number of allylic oxidation sites excluding steroid dienone is 8. The Bertz CT molecular complexity index is 2270. The van der Waals surface area contributed by atoms with Crippen molar-refractivity contribution >= 4 is 22.4 Å². The fraction of sp³-hybridized carbons (Fsp3) is 0.104. The van der Waals surface area contributed by atoms with Gasteiger partial charge in [0.1, 0.15) is 0 Å². The summed E-state index contributed by atoms with van der Waals surface area (Å²) in [5.74, 6) is 6.58. The van der Waals surface area contributed by atoms with Crippen molar-refractivity contribution < 1.29 is 0 Å². The van der Waals surface area contributed by atoms with E-state index < -0.39 is 0 Å². The lowest BCUT2D eigenvalue weighted by Gasteiger charge is -2.36. The topological polar surface area (TPSA) is 16.1 Å². The van der Waals surface area contributed by atoms with Gasteiger partial charge in [0.2, 0.25) is 0 Å². The first-order valence-corrected chi connectivity index (χ1v) is 17.5. The van der Waals surface area contributed by atoms with Gasteiger partial charge in [-0.15, -0.1) is 0 Å². The highest BCUT2D eigenvalue weighted by Crippen LogP contribution is 2.49. The molecule has 238 valence electrons. The van der Waals surface area contributed by atoms with Crippen molar-refractivity contribution in [3.8, 4) is 34.2 Å². The lowest BCUT2D eigenvalue weighted by Crippen LogP contribution is -2.41. The first-order valence-electron chi connectivity index (χ1n) is 17.5. The summed E-state index contributed by atoms with van der Waals surface area (Å²) < 4.78 is 0. The average molecular weight is 641 g/mol. The van der Waals surface area contributed by atoms with Gasteiger partial charge in [-0.3, -0.25) is 0 Å². The summed E-state index contributed by atoms with van der Waals surface area (Å²) in [6, 6.07) is 43.9. The summed E-state index contributed by atoms with van der Waals surface area (Å²) in [4.78, 5) is 7.94. The van der Waals surface area contributed by atoms with Gasteiger partial charge in [0.05, 0.1) is 23.5 Å². The third kappa shape index (κ3) is 5.68. The van der Waals surface area contributed by atoms with Gasteiger partial charge in [-0.25, -0.2) is 4.98 Å². The summed E-state index contributed by atoms with van der Waals surface area (Å²) in [5, 5.41) is 0. The zero-order valence-corrected chi connectivity index (χ0v) is 27.8. The Kier molecular flexibility index (Phi) is 7.80. The quantitative estimate of drug-likeness (QED) is 0.172. The molecule has 1 aliphatic heterocycles. The molecule has 0 N–H and O–H groups in total. The van der Waals surface area contributed by atoms with Crippen LogP contribution in [0.3, 0.4) is 0 Å². The summed E-state index contributed by atoms with van der Waals surface area (Å²) in [6.07, 6.45) is 22.1. The molecule has 50 heavy (non-hydrogen) atoms. The molecular formula is C48H36N2. The average Bonchev–Trinajstić information content (AvgIpc) is 3.30. The van der Waals surface area contributed by atoms with Crippen LogP contribution in [-0.4, -0.2) is 17.1 Å². The first-order chi connectivity index (χ1) is 24.8. The molecule has 0 radical (unpaired) electrons. The molecule has 0 saturated carbocycles. The minimum atomic E-state index is 0.179. The largest absolute Gasteiger partial charge is 0.357 e. The van der Waals surface area contributed by atoms with Crippen LogP contribution in [0.15, 0.2) is 176 Å². The molecule has 9 rings (SSSR count). The van der Waals surface area contributed by atoms with Crippen molar-refractivity contribution in [3.63, 3.8) is 0 Å². The van der Waals surface area contributed by atoms with Crippen LogP contribution in [0.1, 0.15) is 41.1 Å². The maximum Gasteiger partial charge on any atom is 0.0715 e. The normalized spacial score (nSPS) is 20.1. The van der Waals surface area contributed by atoms with Gasteiger partial charge >= 0.3 is 0 Å². The van der Waals surface area contributed by atoms with E-state index >= 15 is 0 Å². The van der Waals surface area contributed by atoms with Crippen LogP contribution in [0, 0.1) is 11.8 Å². The van der Waals surface area contributed by atoms with E-state index in [1.807, 2.05) is 6.08 Å². The Labute approximate surface area is 294 Å². The van der Waals surface area contributed by atoms with Crippen LogP contribution >= 0.6 is 0 Å². The highest BCUT2D eigenvalue weighted by molar-refractivity contribution is 5.84. The highest BCUT2D eigenvalue weighted by Gasteiger charge is 2.41. The number of pyridine rings is 1. The Hall–Kier alpha value is -6.17. The molecule has 1 aromatic heterocycles. The molecule has 3 aliphatic carbocycles. The molecule has 4 aromatic carbocycles. The van der Waals surface area contributed by atoms with Crippen molar-refractivity contribution in [2.24, 2.45) is 0 Å². The maximum atomic E-state index is 5.29. The van der Waals surface area contributed by atoms with E-state index in [2.05, 4.69) is 187 Å². The van der Waals surface area contributed by atoms with Crippen LogP contribution in [0.25, 0.3) is 39.1 Å². The van der Waals surface area contributed by atoms with E-state index in [9.17, 15) is 0 Å². The third-order valence-corrected chi connectivity index (χ3v) is 10.2. The number of rotatable bonds is 6. The Balaban J connectivity index is 1.10. The van der Waals surface area contributed by atoms with E-state index in [4.69, 9.17) is 4.98 Å². The number of fused-ring (bicyclic) bond motifs is 3. The highest BCUT2D eigenvalue weighted by atomic mass is 15.2. The molecule has 5 aromatic rings. The molecule has 2 heterocycles. The van der Waals surface area contributed by atoms with Crippen molar-refractivity contribution in [2.75, 3.05) is 4.90 Å². The predicted molar refractivity (Wildman–Crippen MR) is 209 cm³/mol. The minimum absolute atomic E-state index is 0.179. The second kappa shape index (κ2) is 13.0. The van der Waals surface area contributed by atoms with Crippen molar-refractivity contribution in [1.29, 1.82) is 0 Å². The van der Waals surface area contributed by atoms with E-state index in [0.717, 1.165) is 29.8 Å². The monoisotopic (exact) mass is 640 g/mol. The van der Waals surface area contributed by atoms with Crippen LogP contribution in [0.4, 0.5) is 5.69 Å². The Morgan fingerprint density at radius 1 is 0.640 bits per heavy atom. The van der Waals surface area contributed by atoms with Gasteiger partial charge in [-0.2, -0.15) is 0 Å². The van der Waals surface area contributed by atoms with E-state index in [1.165, 1.54) is 50.2 Å². The van der Waals surface area contributed by atoms with Crippen molar-refractivity contribution in [1.82, 2.24) is 4.98 Å². The van der Waals surface area contributed by atoms with Gasteiger partial charge < -0.3 is 4.90 Å². The van der Waals surface area contributed by atoms with Gasteiger partial charge in [-0.1, -0.05) is 151 Å². The zero-order valence-electron chi connectivity index (χ0n) is 27.8. The number of hydrogen-bond acceptors (Lipinski definition) is 2. The zero-order chi connectivity index (χ0) is 33.3. The van der Waals surface area contributed by atoms with Crippen molar-refractivity contribution in [3.05, 3.63) is 198 Å². The summed E-state index contributed by atoms with van der Waals surface area (Å²) in [5.41, 5.74) is 14.5. The molecular weight excluding hydrogens is 605 g/mol. The lowest BCUT2D eigenvalue weighted by atomic mass is 9.85. The molecule has 0 bridgehead atoms. The Morgan fingerprint density at radius 2 is 1.38 bits per heavy atom. The molecule has 2 nitrogen and oxygen atoms in total. The van der Waals surface area contributed by atoms with Crippen LogP contribution in [0.2, 0.25) is 0 Å². The van der Waals surface area contributed by atoms with E-state index in [0.29, 0.717) is 0 Å². The number of aromatic nitrogens is 1. The van der Waals surface area contributed by atoms with Gasteiger partial charge in [0.25, 0.3) is 0 Å². The molecule has 0 amide bonds. The predicted octanol–water partition coefficient (Wildman–Crippen LogP) is 11.1. The molecule has 3 unspecified atom stereocenters. The smallest absolute Gasteiger partial charge is 0.0715 e. The van der Waals surface area contributed by atoms with Crippen LogP contribution in [0.5, 0.6) is 0 Å². The van der Waals surface area contributed by atoms with Crippen molar-refractivity contribution in [2.45, 2.75) is 30.8 Å². The first kappa shape index (κ1) is 29.9. The SMILES string of the molecule is C1#CCC=C(c2ccc3c(c2)C2C=C(c4ccccc4)C=CC2N3C2C=CC=C(c3cc(-c4ccccc4)cc(-c4ccccc4)n3)C2)C=C1. The minimum Gasteiger partial charge on any atom is -0.357 e. The summed E-state index contributed by atoms with van der Waals surface area (Å²) in [7, 11) is 0. The van der Waals surface area contributed by atoms with Gasteiger partial charge in [-0.05, 0) is 87.4 Å². The standard InChI is InChI=1S/C48H36N2/c1-2-7-16-34(15-6-1)38-25-27-47-43(30-38)44-31-39(35-17-8-3-9-18-35)26-28-48(44)50(47)42-24-14-23-40(29-42)46-33-41(36-19-10-4-11-20-36)32-45(49-46)37-21-12-5-13-22-37/h3-6,8-28,30-33,42,44,48H,7,29H2. The number of benzene rings is 4. The van der Waals surface area contributed by atoms with Gasteiger partial charge in [0, 0.05) is 23.6 Å². The van der Waals surface area contributed by atoms with Crippen LogP contribution in [-0.2, 0) is 0 Å². The molecule has 2 heteroatoms. The Morgan fingerprint density at radius 3 is 2.18 bits per heavy atom. The van der Waals surface area contributed by atoms with E-state index in [1.54, 1.807) is 0 Å². The second-order valence-electron chi connectivity index (χ2n) is 13.3. The maximum absolute atomic E-state index is 5.29. The second-order valence-corrected chi connectivity index (χ2v) is 13.3. The van der Waals surface area contributed by atoms with E-state index in [-0.39, 0.29) is 18.0 Å². The summed E-state index contributed by atoms with van der Waals surface area (Å²) >= 11 is 0. The number of anilines is 1. The third-order valence-electron chi connectivity index (χ3n) is 10.2. The molecule has 0 saturated heterocycles. The molecule has 0 fully saturated rings. The fourth-order valence-corrected chi connectivity index (χ4v) is 7.81. The van der Waals surface area contributed by atoms with Crippen LogP contribution < -0.4 is 4.90 Å².